The molecule has 14 heteroatoms. The standard InChI is InChI=1S/C27H37N5O9/c1-10-36-21(33)14-11-27(14)17-16(37-26(8,9)38-17)20(39-27)31-13-30-15-18(31)28-12-29-19(15)32(22(34)40-24(2,3)4)23(35)41-25(5,6)7/h12-14,16-17,20H,10-11H2,1-9H3/t14-,16+,17?,20-,27-/m1/s1. The maximum atomic E-state index is 13.3. The number of nitrogens with zero attached hydrogens (tertiary/aromatic N) is 5. The van der Waals surface area contributed by atoms with Gasteiger partial charge in [0.05, 0.1) is 18.9 Å². The molecule has 2 aromatic heterocycles. The minimum absolute atomic E-state index is 0.124. The molecule has 2 aromatic rings. The van der Waals surface area contributed by atoms with Gasteiger partial charge in [-0.15, -0.1) is 0 Å². The molecule has 5 rings (SSSR count). The van der Waals surface area contributed by atoms with Gasteiger partial charge in [-0.05, 0) is 68.7 Å². The Kier molecular flexibility index (Phi) is 6.82. The number of amides is 2. The number of hydrogen-bond acceptors (Lipinski definition) is 12. The van der Waals surface area contributed by atoms with Crippen molar-refractivity contribution in [3.63, 3.8) is 0 Å². The highest BCUT2D eigenvalue weighted by molar-refractivity contribution is 6.12. The summed E-state index contributed by atoms with van der Waals surface area (Å²) in [5, 5.41) is 0. The van der Waals surface area contributed by atoms with Crippen molar-refractivity contribution in [2.24, 2.45) is 5.92 Å². The van der Waals surface area contributed by atoms with Crippen LogP contribution >= 0.6 is 0 Å². The van der Waals surface area contributed by atoms with Crippen LogP contribution in [0, 0.1) is 5.92 Å². The summed E-state index contributed by atoms with van der Waals surface area (Å²) in [6.45, 7) is 15.7. The van der Waals surface area contributed by atoms with Crippen molar-refractivity contribution in [1.82, 2.24) is 19.5 Å². The molecule has 0 bridgehead atoms. The predicted molar refractivity (Wildman–Crippen MR) is 142 cm³/mol. The van der Waals surface area contributed by atoms with Gasteiger partial charge in [0.1, 0.15) is 35.3 Å². The van der Waals surface area contributed by atoms with E-state index in [0.29, 0.717) is 11.3 Å². The van der Waals surface area contributed by atoms with E-state index in [0.717, 1.165) is 0 Å². The summed E-state index contributed by atoms with van der Waals surface area (Å²) in [5.74, 6) is -1.91. The fourth-order valence-electron chi connectivity index (χ4n) is 5.23. The van der Waals surface area contributed by atoms with E-state index in [1.807, 2.05) is 0 Å². The molecule has 3 fully saturated rings. The van der Waals surface area contributed by atoms with E-state index < -0.39 is 59.1 Å². The molecule has 2 amide bonds. The third-order valence-electron chi connectivity index (χ3n) is 6.73. The van der Waals surface area contributed by atoms with E-state index in [2.05, 4.69) is 15.0 Å². The molecular formula is C27H37N5O9. The molecule has 0 N–H and O–H groups in total. The Balaban J connectivity index is 1.54. The van der Waals surface area contributed by atoms with E-state index in [4.69, 9.17) is 28.4 Å². The lowest BCUT2D eigenvalue weighted by molar-refractivity contribution is -0.205. The summed E-state index contributed by atoms with van der Waals surface area (Å²) in [6.07, 6.45) is -0.824. The second-order valence-electron chi connectivity index (χ2n) is 12.8. The molecule has 2 aliphatic heterocycles. The molecule has 1 aliphatic carbocycles. The van der Waals surface area contributed by atoms with E-state index in [1.165, 1.54) is 12.7 Å². The number of aromatic nitrogens is 4. The summed E-state index contributed by atoms with van der Waals surface area (Å²) in [7, 11) is 0. The minimum atomic E-state index is -0.984. The Hall–Kier alpha value is -3.36. The largest absolute Gasteiger partial charge is 0.466 e. The Morgan fingerprint density at radius 1 is 1.00 bits per heavy atom. The highest BCUT2D eigenvalue weighted by Crippen LogP contribution is 2.62. The number of carbonyl (C=O) groups excluding carboxylic acids is 3. The van der Waals surface area contributed by atoms with Crippen LogP contribution in [0.2, 0.25) is 0 Å². The molecule has 1 unspecified atom stereocenters. The van der Waals surface area contributed by atoms with E-state index in [9.17, 15) is 14.4 Å². The molecule has 1 saturated carbocycles. The van der Waals surface area contributed by atoms with E-state index in [1.54, 1.807) is 66.9 Å². The molecule has 2 saturated heterocycles. The number of hydrogen-bond donors (Lipinski definition) is 0. The molecular weight excluding hydrogens is 538 g/mol. The average Bonchev–Trinajstić information content (AvgIpc) is 3.06. The molecule has 3 aliphatic rings. The van der Waals surface area contributed by atoms with Gasteiger partial charge in [0.25, 0.3) is 0 Å². The van der Waals surface area contributed by atoms with Crippen molar-refractivity contribution in [2.45, 2.75) is 110 Å². The Bertz CT molecular complexity index is 1350. The van der Waals surface area contributed by atoms with Crippen LogP contribution in [0.1, 0.15) is 75.0 Å². The summed E-state index contributed by atoms with van der Waals surface area (Å²) in [5.41, 5.74) is -2.36. The highest BCUT2D eigenvalue weighted by atomic mass is 16.8. The zero-order valence-corrected chi connectivity index (χ0v) is 24.8. The fraction of sp³-hybridized carbons (Fsp3) is 0.704. The van der Waals surface area contributed by atoms with Crippen molar-refractivity contribution >= 4 is 35.1 Å². The van der Waals surface area contributed by atoms with Crippen LogP contribution in [0.4, 0.5) is 15.4 Å². The van der Waals surface area contributed by atoms with Crippen molar-refractivity contribution in [3.05, 3.63) is 12.7 Å². The summed E-state index contributed by atoms with van der Waals surface area (Å²) in [4.78, 5) is 52.9. The molecule has 5 atom stereocenters. The van der Waals surface area contributed by atoms with Gasteiger partial charge < -0.3 is 28.4 Å². The summed E-state index contributed by atoms with van der Waals surface area (Å²) >= 11 is 0. The summed E-state index contributed by atoms with van der Waals surface area (Å²) < 4.78 is 36.8. The van der Waals surface area contributed by atoms with Crippen LogP contribution in [0.25, 0.3) is 11.2 Å². The number of anilines is 1. The number of fused-ring (bicyclic) bond motifs is 3. The van der Waals surface area contributed by atoms with Gasteiger partial charge in [0.15, 0.2) is 29.0 Å². The second kappa shape index (κ2) is 9.60. The van der Waals surface area contributed by atoms with Crippen molar-refractivity contribution in [3.8, 4) is 0 Å². The molecule has 0 radical (unpaired) electrons. The zero-order chi connectivity index (χ0) is 30.1. The van der Waals surface area contributed by atoms with Crippen LogP contribution in [-0.2, 0) is 33.2 Å². The SMILES string of the molecule is CCOC(=O)[C@H]1C[C@@]12O[C@@H](n1cnc3c(N(C(=O)OC(C)(C)C)C(=O)OC(C)(C)C)ncnc31)[C@H]1OC(C)(C)OC12. The number of ether oxygens (including phenoxy) is 6. The predicted octanol–water partition coefficient (Wildman–Crippen LogP) is 3.87. The molecule has 224 valence electrons. The molecule has 1 spiro atoms. The minimum Gasteiger partial charge on any atom is -0.466 e. The average molecular weight is 576 g/mol. The lowest BCUT2D eigenvalue weighted by Crippen LogP contribution is -2.44. The first-order valence-corrected chi connectivity index (χ1v) is 13.6. The van der Waals surface area contributed by atoms with E-state index >= 15 is 0 Å². The highest BCUT2D eigenvalue weighted by Gasteiger charge is 2.76. The third kappa shape index (κ3) is 5.35. The lowest BCUT2D eigenvalue weighted by atomic mass is 10.1. The van der Waals surface area contributed by atoms with Gasteiger partial charge in [0, 0.05) is 0 Å². The number of carbonyl (C=O) groups is 3. The van der Waals surface area contributed by atoms with Gasteiger partial charge in [0.2, 0.25) is 0 Å². The van der Waals surface area contributed by atoms with Gasteiger partial charge in [-0.2, -0.15) is 4.90 Å². The normalized spacial score (nSPS) is 28.4. The Labute approximate surface area is 237 Å². The maximum Gasteiger partial charge on any atom is 0.425 e. The van der Waals surface area contributed by atoms with Gasteiger partial charge in [-0.25, -0.2) is 24.5 Å². The number of esters is 1. The molecule has 41 heavy (non-hydrogen) atoms. The summed E-state index contributed by atoms with van der Waals surface area (Å²) in [6, 6.07) is 0. The third-order valence-corrected chi connectivity index (χ3v) is 6.73. The maximum absolute atomic E-state index is 13.3. The molecule has 0 aromatic carbocycles. The number of imidazole rings is 1. The van der Waals surface area contributed by atoms with Gasteiger partial charge in [-0.1, -0.05) is 0 Å². The van der Waals surface area contributed by atoms with Crippen LogP contribution in [0.15, 0.2) is 12.7 Å². The molecule has 4 heterocycles. The van der Waals surface area contributed by atoms with Gasteiger partial charge in [-0.3, -0.25) is 9.36 Å². The lowest BCUT2D eigenvalue weighted by Gasteiger charge is -2.28. The fourth-order valence-corrected chi connectivity index (χ4v) is 5.23. The van der Waals surface area contributed by atoms with Crippen LogP contribution in [0.3, 0.4) is 0 Å². The first-order chi connectivity index (χ1) is 19.0. The first kappa shape index (κ1) is 29.1. The monoisotopic (exact) mass is 575 g/mol. The van der Waals surface area contributed by atoms with Crippen LogP contribution < -0.4 is 4.90 Å². The second-order valence-corrected chi connectivity index (χ2v) is 12.8. The Morgan fingerprint density at radius 2 is 1.63 bits per heavy atom. The van der Waals surface area contributed by atoms with Crippen molar-refractivity contribution in [1.29, 1.82) is 0 Å². The van der Waals surface area contributed by atoms with Crippen LogP contribution in [-0.4, -0.2) is 79.1 Å². The topological polar surface area (TPSA) is 153 Å². The first-order valence-electron chi connectivity index (χ1n) is 13.6. The van der Waals surface area contributed by atoms with Gasteiger partial charge >= 0.3 is 18.2 Å². The number of imide groups is 1. The molecule has 14 nitrogen and oxygen atoms in total. The smallest absolute Gasteiger partial charge is 0.425 e. The van der Waals surface area contributed by atoms with Crippen LogP contribution in [0.5, 0.6) is 0 Å². The van der Waals surface area contributed by atoms with E-state index in [-0.39, 0.29) is 29.6 Å². The van der Waals surface area contributed by atoms with Crippen molar-refractivity contribution < 1.29 is 42.8 Å². The quantitative estimate of drug-likeness (QED) is 0.384. The van der Waals surface area contributed by atoms with Crippen molar-refractivity contribution in [2.75, 3.05) is 11.5 Å². The number of rotatable bonds is 4. The zero-order valence-electron chi connectivity index (χ0n) is 24.8. The Morgan fingerprint density at radius 3 is 2.22 bits per heavy atom.